The van der Waals surface area contributed by atoms with Crippen LogP contribution in [0.4, 0.5) is 0 Å². The van der Waals surface area contributed by atoms with Crippen LogP contribution in [0.2, 0.25) is 0 Å². The Hall–Kier alpha value is -0.390. The van der Waals surface area contributed by atoms with Gasteiger partial charge in [0.1, 0.15) is 0 Å². The van der Waals surface area contributed by atoms with Crippen molar-refractivity contribution in [1.82, 2.24) is 4.31 Å². The second kappa shape index (κ2) is 5.72. The molecule has 1 fully saturated rings. The Morgan fingerprint density at radius 1 is 1.11 bits per heavy atom. The highest BCUT2D eigenvalue weighted by Gasteiger charge is 2.28. The third-order valence-electron chi connectivity index (χ3n) is 3.58. The maximum atomic E-state index is 12.5. The predicted molar refractivity (Wildman–Crippen MR) is 76.0 cm³/mol. The monoisotopic (exact) mass is 331 g/mol. The fourth-order valence-electron chi connectivity index (χ4n) is 2.41. The van der Waals surface area contributed by atoms with Gasteiger partial charge in [0.15, 0.2) is 0 Å². The summed E-state index contributed by atoms with van der Waals surface area (Å²) in [5, 5.41) is 0. The molecule has 1 aliphatic carbocycles. The smallest absolute Gasteiger partial charge is 0.207 e. The SMILES string of the molecule is CN(C1CCCCC1)S(=O)(=O)c1ccc(Br)cc1. The zero-order valence-electron chi connectivity index (χ0n) is 10.5. The van der Waals surface area contributed by atoms with Crippen LogP contribution in [-0.2, 0) is 10.0 Å². The van der Waals surface area contributed by atoms with Crippen molar-refractivity contribution < 1.29 is 8.42 Å². The molecule has 0 unspecified atom stereocenters. The fourth-order valence-corrected chi connectivity index (χ4v) is 4.09. The number of sulfonamides is 1. The first-order chi connectivity index (χ1) is 8.51. The average Bonchev–Trinajstić information content (AvgIpc) is 2.39. The van der Waals surface area contributed by atoms with Crippen LogP contribution in [0.3, 0.4) is 0 Å². The lowest BCUT2D eigenvalue weighted by Crippen LogP contribution is -2.38. The number of benzene rings is 1. The molecule has 100 valence electrons. The summed E-state index contributed by atoms with van der Waals surface area (Å²) >= 11 is 3.32. The van der Waals surface area contributed by atoms with E-state index in [2.05, 4.69) is 15.9 Å². The molecule has 0 aromatic heterocycles. The van der Waals surface area contributed by atoms with Crippen molar-refractivity contribution in [1.29, 1.82) is 0 Å². The molecular weight excluding hydrogens is 314 g/mol. The first-order valence-electron chi connectivity index (χ1n) is 6.25. The summed E-state index contributed by atoms with van der Waals surface area (Å²) in [4.78, 5) is 0.374. The van der Waals surface area contributed by atoms with Gasteiger partial charge in [-0.25, -0.2) is 8.42 Å². The van der Waals surface area contributed by atoms with E-state index in [4.69, 9.17) is 0 Å². The van der Waals surface area contributed by atoms with E-state index in [1.807, 2.05) is 0 Å². The minimum atomic E-state index is -3.34. The van der Waals surface area contributed by atoms with Gasteiger partial charge in [0.25, 0.3) is 0 Å². The maximum absolute atomic E-state index is 12.5. The van der Waals surface area contributed by atoms with Crippen LogP contribution < -0.4 is 0 Å². The van der Waals surface area contributed by atoms with Crippen LogP contribution in [0.1, 0.15) is 32.1 Å². The van der Waals surface area contributed by atoms with Gasteiger partial charge in [-0.15, -0.1) is 0 Å². The summed E-state index contributed by atoms with van der Waals surface area (Å²) in [7, 11) is -1.64. The molecule has 5 heteroatoms. The summed E-state index contributed by atoms with van der Waals surface area (Å²) in [6.07, 6.45) is 5.44. The molecule has 0 spiro atoms. The topological polar surface area (TPSA) is 37.4 Å². The van der Waals surface area contributed by atoms with E-state index in [0.717, 1.165) is 30.2 Å². The van der Waals surface area contributed by atoms with Gasteiger partial charge >= 0.3 is 0 Å². The Balaban J connectivity index is 2.21. The van der Waals surface area contributed by atoms with Crippen molar-refractivity contribution in [2.24, 2.45) is 0 Å². The van der Waals surface area contributed by atoms with Crippen LogP contribution in [0.15, 0.2) is 33.6 Å². The van der Waals surface area contributed by atoms with Crippen LogP contribution in [-0.4, -0.2) is 25.8 Å². The largest absolute Gasteiger partial charge is 0.243 e. The molecule has 0 aliphatic heterocycles. The zero-order valence-corrected chi connectivity index (χ0v) is 12.9. The van der Waals surface area contributed by atoms with Crippen LogP contribution in [0, 0.1) is 0 Å². The van der Waals surface area contributed by atoms with Gasteiger partial charge in [-0.2, -0.15) is 4.31 Å². The van der Waals surface area contributed by atoms with Crippen molar-refractivity contribution >= 4 is 26.0 Å². The van der Waals surface area contributed by atoms with E-state index < -0.39 is 10.0 Å². The summed E-state index contributed by atoms with van der Waals surface area (Å²) in [5.41, 5.74) is 0. The van der Waals surface area contributed by atoms with E-state index in [1.165, 1.54) is 6.42 Å². The molecule has 2 rings (SSSR count). The van der Waals surface area contributed by atoms with E-state index >= 15 is 0 Å². The first kappa shape index (κ1) is 14.0. The second-order valence-corrected chi connectivity index (χ2v) is 7.68. The van der Waals surface area contributed by atoms with Gasteiger partial charge in [0.05, 0.1) is 4.90 Å². The highest BCUT2D eigenvalue weighted by atomic mass is 79.9. The molecule has 1 aliphatic rings. The third kappa shape index (κ3) is 2.95. The van der Waals surface area contributed by atoms with Gasteiger partial charge in [-0.3, -0.25) is 0 Å². The standard InChI is InChI=1S/C13H18BrNO2S/c1-15(12-5-3-2-4-6-12)18(16,17)13-9-7-11(14)8-10-13/h7-10,12H,2-6H2,1H3. The van der Waals surface area contributed by atoms with Crippen molar-refractivity contribution in [2.45, 2.75) is 43.0 Å². The van der Waals surface area contributed by atoms with Gasteiger partial charge in [0, 0.05) is 17.6 Å². The number of nitrogens with zero attached hydrogens (tertiary/aromatic N) is 1. The Bertz CT molecular complexity index is 492. The van der Waals surface area contributed by atoms with Crippen molar-refractivity contribution in [3.8, 4) is 0 Å². The van der Waals surface area contributed by atoms with E-state index in [9.17, 15) is 8.42 Å². The molecule has 0 N–H and O–H groups in total. The molecule has 0 radical (unpaired) electrons. The zero-order chi connectivity index (χ0) is 13.2. The highest BCUT2D eigenvalue weighted by molar-refractivity contribution is 9.10. The summed E-state index contributed by atoms with van der Waals surface area (Å²) in [6, 6.07) is 6.99. The molecule has 0 amide bonds. The van der Waals surface area contributed by atoms with Crippen molar-refractivity contribution in [3.63, 3.8) is 0 Å². The first-order valence-corrected chi connectivity index (χ1v) is 8.49. The molecule has 0 atom stereocenters. The van der Waals surface area contributed by atoms with Crippen molar-refractivity contribution in [3.05, 3.63) is 28.7 Å². The predicted octanol–water partition coefficient (Wildman–Crippen LogP) is 3.40. The fraction of sp³-hybridized carbons (Fsp3) is 0.538. The molecule has 18 heavy (non-hydrogen) atoms. The molecule has 0 saturated heterocycles. The Kier molecular flexibility index (Phi) is 4.45. The van der Waals surface area contributed by atoms with Crippen molar-refractivity contribution in [2.75, 3.05) is 7.05 Å². The van der Waals surface area contributed by atoms with E-state index in [1.54, 1.807) is 35.6 Å². The molecule has 1 aromatic carbocycles. The summed E-state index contributed by atoms with van der Waals surface area (Å²) in [6.45, 7) is 0. The van der Waals surface area contributed by atoms with Gasteiger partial charge in [0.2, 0.25) is 10.0 Å². The third-order valence-corrected chi connectivity index (χ3v) is 6.03. The molecule has 1 saturated carbocycles. The number of halogens is 1. The minimum absolute atomic E-state index is 0.160. The lowest BCUT2D eigenvalue weighted by Gasteiger charge is -2.30. The highest BCUT2D eigenvalue weighted by Crippen LogP contribution is 2.26. The normalized spacial score (nSPS) is 18.2. The number of hydrogen-bond donors (Lipinski definition) is 0. The Labute approximate surface area is 117 Å². The number of hydrogen-bond acceptors (Lipinski definition) is 2. The molecular formula is C13H18BrNO2S. The van der Waals surface area contributed by atoms with Gasteiger partial charge < -0.3 is 0 Å². The van der Waals surface area contributed by atoms with E-state index in [0.29, 0.717) is 4.90 Å². The van der Waals surface area contributed by atoms with Crippen LogP contribution in [0.25, 0.3) is 0 Å². The molecule has 0 heterocycles. The van der Waals surface area contributed by atoms with Crippen LogP contribution in [0.5, 0.6) is 0 Å². The molecule has 1 aromatic rings. The quantitative estimate of drug-likeness (QED) is 0.851. The lowest BCUT2D eigenvalue weighted by atomic mass is 9.96. The van der Waals surface area contributed by atoms with E-state index in [-0.39, 0.29) is 6.04 Å². The van der Waals surface area contributed by atoms with Gasteiger partial charge in [-0.1, -0.05) is 35.2 Å². The maximum Gasteiger partial charge on any atom is 0.243 e. The minimum Gasteiger partial charge on any atom is -0.207 e. The van der Waals surface area contributed by atoms with Crippen LogP contribution >= 0.6 is 15.9 Å². The van der Waals surface area contributed by atoms with Gasteiger partial charge in [-0.05, 0) is 37.1 Å². The number of rotatable bonds is 3. The Morgan fingerprint density at radius 3 is 2.22 bits per heavy atom. The summed E-state index contributed by atoms with van der Waals surface area (Å²) in [5.74, 6) is 0. The molecule has 0 bridgehead atoms. The molecule has 3 nitrogen and oxygen atoms in total. The Morgan fingerprint density at radius 2 is 1.67 bits per heavy atom. The lowest BCUT2D eigenvalue weighted by molar-refractivity contribution is 0.286. The second-order valence-electron chi connectivity index (χ2n) is 4.77. The summed E-state index contributed by atoms with van der Waals surface area (Å²) < 4.78 is 27.3. The average molecular weight is 332 g/mol.